The van der Waals surface area contributed by atoms with E-state index in [0.717, 1.165) is 5.69 Å². The van der Waals surface area contributed by atoms with Gasteiger partial charge in [0, 0.05) is 83.2 Å². The van der Waals surface area contributed by atoms with Crippen LogP contribution < -0.4 is 10.6 Å². The Hall–Kier alpha value is -3.66. The number of hydrogen-bond acceptors (Lipinski definition) is 2. The molecule has 0 radical (unpaired) electrons. The first-order chi connectivity index (χ1) is 14.5. The molecule has 0 aliphatic rings. The first-order valence-corrected chi connectivity index (χ1v) is 10.2. The minimum absolute atomic E-state index is 0.800. The second-order valence-electron chi connectivity index (χ2n) is 8.50. The molecule has 0 saturated heterocycles. The minimum Gasteiger partial charge on any atom is -0.399 e. The highest BCUT2D eigenvalue weighted by molar-refractivity contribution is 6.29. The van der Waals surface area contributed by atoms with Gasteiger partial charge in [-0.25, -0.2) is 0 Å². The predicted molar refractivity (Wildman–Crippen MR) is 131 cm³/mol. The third kappa shape index (κ3) is 2.05. The van der Waals surface area contributed by atoms with Gasteiger partial charge in [-0.15, -0.1) is 0 Å². The average Bonchev–Trinajstić information content (AvgIpc) is 3.19. The fourth-order valence-corrected chi connectivity index (χ4v) is 5.11. The fourth-order valence-electron chi connectivity index (χ4n) is 5.11. The Bertz CT molecular complexity index is 1650. The van der Waals surface area contributed by atoms with Crippen molar-refractivity contribution in [1.29, 1.82) is 0 Å². The molecular weight excluding hydrogens is 368 g/mol. The van der Waals surface area contributed by atoms with Crippen LogP contribution in [0.4, 0.5) is 11.4 Å². The quantitative estimate of drug-likeness (QED) is 0.360. The van der Waals surface area contributed by atoms with Gasteiger partial charge < -0.3 is 19.8 Å². The highest BCUT2D eigenvalue weighted by atomic mass is 15.1. The number of nitrogens with two attached hydrogens (primary N) is 1. The summed E-state index contributed by atoms with van der Waals surface area (Å²) in [5, 5.41) is 7.67. The van der Waals surface area contributed by atoms with Crippen LogP contribution in [-0.2, 0) is 14.1 Å². The monoisotopic (exact) mass is 392 g/mol. The van der Waals surface area contributed by atoms with Crippen LogP contribution >= 0.6 is 0 Å². The molecule has 0 unspecified atom stereocenters. The Morgan fingerprint density at radius 2 is 1.10 bits per heavy atom. The number of rotatable bonds is 1. The summed E-state index contributed by atoms with van der Waals surface area (Å²) in [6.07, 6.45) is 0. The average molecular weight is 393 g/mol. The second-order valence-corrected chi connectivity index (χ2v) is 8.50. The summed E-state index contributed by atoms with van der Waals surface area (Å²) < 4.78 is 4.57. The zero-order chi connectivity index (χ0) is 20.7. The molecular formula is C26H24N4. The van der Waals surface area contributed by atoms with Gasteiger partial charge in [0.1, 0.15) is 0 Å². The van der Waals surface area contributed by atoms with E-state index >= 15 is 0 Å². The van der Waals surface area contributed by atoms with Crippen molar-refractivity contribution in [1.82, 2.24) is 9.13 Å². The summed E-state index contributed by atoms with van der Waals surface area (Å²) in [5.74, 6) is 0. The maximum Gasteiger partial charge on any atom is 0.0495 e. The summed E-state index contributed by atoms with van der Waals surface area (Å²) in [7, 11) is 8.47. The summed E-state index contributed by atoms with van der Waals surface area (Å²) in [6.45, 7) is 0. The van der Waals surface area contributed by atoms with Gasteiger partial charge in [-0.2, -0.15) is 0 Å². The fraction of sp³-hybridized carbons (Fsp3) is 0.154. The van der Waals surface area contributed by atoms with Crippen molar-refractivity contribution in [2.45, 2.75) is 0 Å². The predicted octanol–water partition coefficient (Wildman–Crippen LogP) is 5.78. The van der Waals surface area contributed by atoms with Crippen LogP contribution in [0.25, 0.3) is 54.4 Å². The molecule has 2 heterocycles. The highest BCUT2D eigenvalue weighted by Gasteiger charge is 2.16. The standard InChI is InChI=1S/C26H24N4/c1-28(2)16-6-10-22-20(14-16)26-18-8-11-23-25(17(18)7-12-24(26)30(22)4)19-13-15(27)5-9-21(19)29(23)3/h5-14H,27H2,1-4H3. The zero-order valence-corrected chi connectivity index (χ0v) is 17.7. The molecule has 0 aliphatic carbocycles. The summed E-state index contributed by atoms with van der Waals surface area (Å²) in [5.41, 5.74) is 13.1. The van der Waals surface area contributed by atoms with Crippen LogP contribution in [-0.4, -0.2) is 23.2 Å². The second kappa shape index (κ2) is 5.70. The highest BCUT2D eigenvalue weighted by Crippen LogP contribution is 2.41. The molecule has 2 aromatic heterocycles. The Morgan fingerprint density at radius 1 is 0.600 bits per heavy atom. The molecule has 6 rings (SSSR count). The maximum atomic E-state index is 6.16. The van der Waals surface area contributed by atoms with Gasteiger partial charge in [-0.3, -0.25) is 0 Å². The lowest BCUT2D eigenvalue weighted by Crippen LogP contribution is -2.08. The molecule has 0 spiro atoms. The topological polar surface area (TPSA) is 39.1 Å². The SMILES string of the molecule is CN(C)c1ccc2c(c1)c1c3ccc4c(c3ccc1n2C)c1cc(N)ccc1n4C. The Balaban J connectivity index is 1.87. The van der Waals surface area contributed by atoms with Gasteiger partial charge in [-0.1, -0.05) is 12.1 Å². The van der Waals surface area contributed by atoms with E-state index in [9.17, 15) is 0 Å². The number of hydrogen-bond donors (Lipinski definition) is 1. The van der Waals surface area contributed by atoms with E-state index in [4.69, 9.17) is 5.73 Å². The van der Waals surface area contributed by atoms with Gasteiger partial charge >= 0.3 is 0 Å². The number of aryl methyl sites for hydroxylation is 2. The lowest BCUT2D eigenvalue weighted by Gasteiger charge is -2.12. The van der Waals surface area contributed by atoms with E-state index in [0.29, 0.717) is 0 Å². The maximum absolute atomic E-state index is 6.16. The van der Waals surface area contributed by atoms with E-state index in [2.05, 4.69) is 96.8 Å². The van der Waals surface area contributed by atoms with Crippen LogP contribution in [0.2, 0.25) is 0 Å². The molecule has 30 heavy (non-hydrogen) atoms. The first kappa shape index (κ1) is 17.2. The summed E-state index contributed by atoms with van der Waals surface area (Å²) >= 11 is 0. The van der Waals surface area contributed by atoms with Gasteiger partial charge in [0.05, 0.1) is 0 Å². The lowest BCUT2D eigenvalue weighted by molar-refractivity contribution is 1.01. The van der Waals surface area contributed by atoms with E-state index in [-0.39, 0.29) is 0 Å². The van der Waals surface area contributed by atoms with E-state index in [1.54, 1.807) is 0 Å². The number of nitrogens with zero attached hydrogens (tertiary/aromatic N) is 3. The van der Waals surface area contributed by atoms with E-state index in [1.807, 2.05) is 6.07 Å². The Morgan fingerprint density at radius 3 is 1.67 bits per heavy atom. The molecule has 148 valence electrons. The number of benzene rings is 4. The van der Waals surface area contributed by atoms with Crippen LogP contribution in [0.15, 0.2) is 60.7 Å². The molecule has 0 amide bonds. The van der Waals surface area contributed by atoms with Crippen molar-refractivity contribution in [2.24, 2.45) is 14.1 Å². The first-order valence-electron chi connectivity index (χ1n) is 10.2. The minimum atomic E-state index is 0.800. The zero-order valence-electron chi connectivity index (χ0n) is 17.7. The number of fused-ring (bicyclic) bond motifs is 9. The van der Waals surface area contributed by atoms with Crippen molar-refractivity contribution < 1.29 is 0 Å². The smallest absolute Gasteiger partial charge is 0.0495 e. The third-order valence-electron chi connectivity index (χ3n) is 6.66. The van der Waals surface area contributed by atoms with Crippen LogP contribution in [0.5, 0.6) is 0 Å². The molecule has 0 atom stereocenters. The molecule has 2 N–H and O–H groups in total. The normalized spacial score (nSPS) is 12.1. The van der Waals surface area contributed by atoms with Crippen LogP contribution in [0.3, 0.4) is 0 Å². The van der Waals surface area contributed by atoms with Crippen molar-refractivity contribution >= 4 is 65.8 Å². The van der Waals surface area contributed by atoms with Crippen molar-refractivity contribution in [3.63, 3.8) is 0 Å². The third-order valence-corrected chi connectivity index (χ3v) is 6.66. The summed E-state index contributed by atoms with van der Waals surface area (Å²) in [4.78, 5) is 2.16. The van der Waals surface area contributed by atoms with Crippen molar-refractivity contribution in [3.05, 3.63) is 60.7 Å². The van der Waals surface area contributed by atoms with Crippen LogP contribution in [0.1, 0.15) is 0 Å². The molecule has 4 heteroatoms. The lowest BCUT2D eigenvalue weighted by atomic mass is 9.99. The molecule has 6 aromatic rings. The summed E-state index contributed by atoms with van der Waals surface area (Å²) in [6, 6.07) is 22.0. The van der Waals surface area contributed by atoms with Gasteiger partial charge in [0.25, 0.3) is 0 Å². The Kier molecular flexibility index (Phi) is 3.27. The molecule has 4 aromatic carbocycles. The Labute approximate surface area is 174 Å². The van der Waals surface area contributed by atoms with Crippen molar-refractivity contribution in [2.75, 3.05) is 24.7 Å². The van der Waals surface area contributed by atoms with E-state index in [1.165, 1.54) is 60.1 Å². The van der Waals surface area contributed by atoms with Crippen LogP contribution in [0, 0.1) is 0 Å². The van der Waals surface area contributed by atoms with Gasteiger partial charge in [-0.05, 0) is 59.3 Å². The van der Waals surface area contributed by atoms with Crippen molar-refractivity contribution in [3.8, 4) is 0 Å². The number of aromatic nitrogens is 2. The van der Waals surface area contributed by atoms with E-state index < -0.39 is 0 Å². The molecule has 0 bridgehead atoms. The van der Waals surface area contributed by atoms with Gasteiger partial charge in [0.2, 0.25) is 0 Å². The van der Waals surface area contributed by atoms with Gasteiger partial charge in [0.15, 0.2) is 0 Å². The number of anilines is 2. The molecule has 4 nitrogen and oxygen atoms in total. The number of nitrogen functional groups attached to an aromatic ring is 1. The molecule has 0 aliphatic heterocycles. The molecule has 0 saturated carbocycles. The largest absolute Gasteiger partial charge is 0.399 e. The molecule has 0 fully saturated rings.